The zero-order chi connectivity index (χ0) is 15.0. The van der Waals surface area contributed by atoms with Crippen LogP contribution in [-0.4, -0.2) is 27.3 Å². The average Bonchev–Trinajstić information content (AvgIpc) is 2.40. The van der Waals surface area contributed by atoms with E-state index in [1.807, 2.05) is 31.2 Å². The Kier molecular flexibility index (Phi) is 6.98. The molecule has 0 amide bonds. The van der Waals surface area contributed by atoms with Gasteiger partial charge in [-0.3, -0.25) is 0 Å². The minimum absolute atomic E-state index is 0.0104. The molecule has 0 heterocycles. The molecular weight excluding hydrogens is 276 g/mol. The zero-order valence-electron chi connectivity index (χ0n) is 12.1. The molecule has 0 aromatic heterocycles. The quantitative estimate of drug-likeness (QED) is 0.681. The molecule has 3 N–H and O–H groups in total. The predicted molar refractivity (Wildman–Crippen MR) is 81.2 cm³/mol. The fourth-order valence-corrected chi connectivity index (χ4v) is 2.33. The van der Waals surface area contributed by atoms with Crippen LogP contribution in [0.25, 0.3) is 0 Å². The van der Waals surface area contributed by atoms with Gasteiger partial charge in [0.2, 0.25) is 10.0 Å². The molecule has 1 rings (SSSR count). The van der Waals surface area contributed by atoms with Crippen LogP contribution in [0.15, 0.2) is 24.3 Å². The molecule has 0 saturated carbocycles. The summed E-state index contributed by atoms with van der Waals surface area (Å²) in [6, 6.07) is 8.10. The summed E-state index contributed by atoms with van der Waals surface area (Å²) in [4.78, 5) is 0. The van der Waals surface area contributed by atoms with Crippen LogP contribution in [0.2, 0.25) is 0 Å². The first-order valence-corrected chi connectivity index (χ1v) is 8.60. The number of ether oxygens (including phenoxy) is 1. The van der Waals surface area contributed by atoms with Crippen molar-refractivity contribution in [3.63, 3.8) is 0 Å². The second kappa shape index (κ2) is 8.24. The summed E-state index contributed by atoms with van der Waals surface area (Å²) in [5, 5.41) is 8.22. The number of sulfonamides is 1. The Labute approximate surface area is 121 Å². The molecule has 20 heavy (non-hydrogen) atoms. The Hall–Kier alpha value is -1.11. The van der Waals surface area contributed by atoms with Crippen LogP contribution >= 0.6 is 0 Å². The van der Waals surface area contributed by atoms with Crippen LogP contribution in [0.3, 0.4) is 0 Å². The molecule has 0 radical (unpaired) electrons. The number of rotatable bonds is 9. The van der Waals surface area contributed by atoms with Crippen LogP contribution < -0.4 is 15.2 Å². The standard InChI is InChI=1S/C14H24N2O3S/c1-3-10-19-14-7-5-13(6-8-14)12(2)16-9-4-11-20(15,17)18/h5-8,12,16H,3-4,9-11H2,1-2H3,(H2,15,17,18). The summed E-state index contributed by atoms with van der Waals surface area (Å²) in [6.45, 7) is 5.45. The molecule has 1 aromatic carbocycles. The third-order valence-corrected chi connectivity index (χ3v) is 3.77. The highest BCUT2D eigenvalue weighted by atomic mass is 32.2. The minimum Gasteiger partial charge on any atom is -0.494 e. The van der Waals surface area contributed by atoms with Gasteiger partial charge < -0.3 is 10.1 Å². The van der Waals surface area contributed by atoms with Crippen molar-refractivity contribution in [2.75, 3.05) is 18.9 Å². The Morgan fingerprint density at radius 2 is 1.95 bits per heavy atom. The molecule has 0 saturated heterocycles. The maximum Gasteiger partial charge on any atom is 0.209 e. The lowest BCUT2D eigenvalue weighted by Gasteiger charge is -2.14. The van der Waals surface area contributed by atoms with Crippen molar-refractivity contribution in [1.29, 1.82) is 0 Å². The number of hydrogen-bond acceptors (Lipinski definition) is 4. The Bertz CT molecular complexity index is 486. The first-order valence-electron chi connectivity index (χ1n) is 6.89. The van der Waals surface area contributed by atoms with Crippen LogP contribution in [0.4, 0.5) is 0 Å². The Balaban J connectivity index is 2.37. The van der Waals surface area contributed by atoms with Crippen molar-refractivity contribution >= 4 is 10.0 Å². The molecule has 1 atom stereocenters. The van der Waals surface area contributed by atoms with Gasteiger partial charge in [-0.25, -0.2) is 13.6 Å². The lowest BCUT2D eigenvalue weighted by molar-refractivity contribution is 0.317. The molecule has 1 aromatic rings. The zero-order valence-corrected chi connectivity index (χ0v) is 12.9. The van der Waals surface area contributed by atoms with Gasteiger partial charge in [0.15, 0.2) is 0 Å². The second-order valence-electron chi connectivity index (χ2n) is 4.81. The highest BCUT2D eigenvalue weighted by molar-refractivity contribution is 7.89. The average molecular weight is 300 g/mol. The number of benzene rings is 1. The maximum absolute atomic E-state index is 10.8. The van der Waals surface area contributed by atoms with Crippen molar-refractivity contribution in [3.8, 4) is 5.75 Å². The summed E-state index contributed by atoms with van der Waals surface area (Å²) in [6.07, 6.45) is 1.50. The molecule has 0 spiro atoms. The van der Waals surface area contributed by atoms with Gasteiger partial charge in [0.25, 0.3) is 0 Å². The maximum atomic E-state index is 10.8. The molecule has 0 aliphatic carbocycles. The lowest BCUT2D eigenvalue weighted by Crippen LogP contribution is -2.24. The van der Waals surface area contributed by atoms with Crippen LogP contribution in [0.1, 0.15) is 38.3 Å². The third kappa shape index (κ3) is 6.88. The molecule has 114 valence electrons. The molecule has 5 nitrogen and oxygen atoms in total. The van der Waals surface area contributed by atoms with E-state index in [0.717, 1.165) is 24.3 Å². The summed E-state index contributed by atoms with van der Waals surface area (Å²) in [5.74, 6) is 0.883. The van der Waals surface area contributed by atoms with Crippen LogP contribution in [0.5, 0.6) is 5.75 Å². The fourth-order valence-electron chi connectivity index (χ4n) is 1.78. The summed E-state index contributed by atoms with van der Waals surface area (Å²) in [5.41, 5.74) is 1.14. The van der Waals surface area contributed by atoms with Gasteiger partial charge in [-0.2, -0.15) is 0 Å². The predicted octanol–water partition coefficient (Wildman–Crippen LogP) is 1.80. The molecule has 1 unspecified atom stereocenters. The molecule has 6 heteroatoms. The topological polar surface area (TPSA) is 81.4 Å². The van der Waals surface area contributed by atoms with Crippen LogP contribution in [-0.2, 0) is 10.0 Å². The van der Waals surface area contributed by atoms with E-state index in [0.29, 0.717) is 13.0 Å². The van der Waals surface area contributed by atoms with Crippen molar-refractivity contribution < 1.29 is 13.2 Å². The minimum atomic E-state index is -3.36. The van der Waals surface area contributed by atoms with E-state index in [4.69, 9.17) is 9.88 Å². The van der Waals surface area contributed by atoms with Crippen molar-refractivity contribution in [2.45, 2.75) is 32.7 Å². The monoisotopic (exact) mass is 300 g/mol. The van der Waals surface area contributed by atoms with E-state index < -0.39 is 10.0 Å². The summed E-state index contributed by atoms with van der Waals surface area (Å²) < 4.78 is 27.1. The lowest BCUT2D eigenvalue weighted by atomic mass is 10.1. The van der Waals surface area contributed by atoms with E-state index in [1.54, 1.807) is 0 Å². The molecule has 0 aliphatic rings. The normalized spacial score (nSPS) is 13.2. The SMILES string of the molecule is CCCOc1ccc(C(C)NCCCS(N)(=O)=O)cc1. The van der Waals surface area contributed by atoms with Gasteiger partial charge in [0, 0.05) is 6.04 Å². The smallest absolute Gasteiger partial charge is 0.209 e. The van der Waals surface area contributed by atoms with Gasteiger partial charge in [-0.15, -0.1) is 0 Å². The van der Waals surface area contributed by atoms with Gasteiger partial charge in [0.05, 0.1) is 12.4 Å². The van der Waals surface area contributed by atoms with Crippen molar-refractivity contribution in [1.82, 2.24) is 5.32 Å². The third-order valence-electron chi connectivity index (χ3n) is 2.91. The molecule has 0 fully saturated rings. The fraction of sp³-hybridized carbons (Fsp3) is 0.571. The Morgan fingerprint density at radius 1 is 1.30 bits per heavy atom. The number of nitrogens with one attached hydrogen (secondary N) is 1. The molecule has 0 aliphatic heterocycles. The van der Waals surface area contributed by atoms with Gasteiger partial charge in [-0.1, -0.05) is 19.1 Å². The summed E-state index contributed by atoms with van der Waals surface area (Å²) >= 11 is 0. The van der Waals surface area contributed by atoms with Crippen molar-refractivity contribution in [2.24, 2.45) is 5.14 Å². The highest BCUT2D eigenvalue weighted by Crippen LogP contribution is 2.17. The van der Waals surface area contributed by atoms with Crippen molar-refractivity contribution in [3.05, 3.63) is 29.8 Å². The highest BCUT2D eigenvalue weighted by Gasteiger charge is 2.06. The first-order chi connectivity index (χ1) is 9.42. The number of hydrogen-bond donors (Lipinski definition) is 2. The Morgan fingerprint density at radius 3 is 2.50 bits per heavy atom. The van der Waals surface area contributed by atoms with E-state index >= 15 is 0 Å². The first kappa shape index (κ1) is 16.9. The van der Waals surface area contributed by atoms with Gasteiger partial charge in [-0.05, 0) is 44.0 Å². The van der Waals surface area contributed by atoms with E-state index in [9.17, 15) is 8.42 Å². The largest absolute Gasteiger partial charge is 0.494 e. The van der Waals surface area contributed by atoms with E-state index in [2.05, 4.69) is 12.2 Å². The van der Waals surface area contributed by atoms with E-state index in [1.165, 1.54) is 0 Å². The van der Waals surface area contributed by atoms with E-state index in [-0.39, 0.29) is 11.8 Å². The second-order valence-corrected chi connectivity index (χ2v) is 6.55. The number of nitrogens with two attached hydrogens (primary N) is 1. The number of primary sulfonamides is 1. The summed E-state index contributed by atoms with van der Waals surface area (Å²) in [7, 11) is -3.36. The van der Waals surface area contributed by atoms with Crippen LogP contribution in [0, 0.1) is 0 Å². The molecule has 0 bridgehead atoms. The van der Waals surface area contributed by atoms with Gasteiger partial charge in [0.1, 0.15) is 5.75 Å². The molecular formula is C14H24N2O3S. The van der Waals surface area contributed by atoms with Gasteiger partial charge >= 0.3 is 0 Å².